The van der Waals surface area contributed by atoms with Crippen LogP contribution in [0.4, 0.5) is 0 Å². The van der Waals surface area contributed by atoms with Crippen LogP contribution in [0.25, 0.3) is 0 Å². The third-order valence-electron chi connectivity index (χ3n) is 4.82. The minimum absolute atomic E-state index is 0.392. The van der Waals surface area contributed by atoms with E-state index in [1.54, 1.807) is 0 Å². The molecule has 5 atom stereocenters. The number of nitrogens with zero attached hydrogens (tertiary/aromatic N) is 1. The van der Waals surface area contributed by atoms with E-state index in [4.69, 9.17) is 4.74 Å². The van der Waals surface area contributed by atoms with Crippen LogP contribution in [-0.4, -0.2) is 36.7 Å². The highest BCUT2D eigenvalue weighted by atomic mass is 16.5. The van der Waals surface area contributed by atoms with Crippen molar-refractivity contribution >= 4 is 0 Å². The minimum atomic E-state index is 0.392. The Morgan fingerprint density at radius 1 is 1.20 bits per heavy atom. The van der Waals surface area contributed by atoms with Crippen LogP contribution < -0.4 is 0 Å². The first-order chi connectivity index (χ1) is 7.16. The Morgan fingerprint density at radius 3 is 2.73 bits per heavy atom. The number of ether oxygens (including phenoxy) is 1. The fourth-order valence-corrected chi connectivity index (χ4v) is 4.34. The van der Waals surface area contributed by atoms with Crippen LogP contribution in [0.3, 0.4) is 0 Å². The van der Waals surface area contributed by atoms with Gasteiger partial charge >= 0.3 is 0 Å². The Balaban J connectivity index is 1.80. The summed E-state index contributed by atoms with van der Waals surface area (Å²) in [7, 11) is 2.29. The summed E-state index contributed by atoms with van der Waals surface area (Å²) in [5.74, 6) is 2.86. The fourth-order valence-electron chi connectivity index (χ4n) is 4.34. The van der Waals surface area contributed by atoms with Crippen LogP contribution in [0.1, 0.15) is 33.1 Å². The zero-order chi connectivity index (χ0) is 10.6. The van der Waals surface area contributed by atoms with Gasteiger partial charge in [-0.25, -0.2) is 0 Å². The highest BCUT2D eigenvalue weighted by Crippen LogP contribution is 2.54. The van der Waals surface area contributed by atoms with Gasteiger partial charge in [-0.3, -0.25) is 0 Å². The summed E-state index contributed by atoms with van der Waals surface area (Å²) in [5.41, 5.74) is 0. The van der Waals surface area contributed by atoms with Gasteiger partial charge in [-0.15, -0.1) is 0 Å². The lowest BCUT2D eigenvalue weighted by Crippen LogP contribution is -2.53. The van der Waals surface area contributed by atoms with Gasteiger partial charge in [0.15, 0.2) is 0 Å². The van der Waals surface area contributed by atoms with Gasteiger partial charge in [0.25, 0.3) is 0 Å². The molecule has 86 valence electrons. The molecule has 2 aliphatic carbocycles. The van der Waals surface area contributed by atoms with Gasteiger partial charge < -0.3 is 9.64 Å². The van der Waals surface area contributed by atoms with Crippen LogP contribution in [0.5, 0.6) is 0 Å². The predicted molar refractivity (Wildman–Crippen MR) is 60.7 cm³/mol. The van der Waals surface area contributed by atoms with Gasteiger partial charge in [0.1, 0.15) is 0 Å². The molecule has 0 aromatic carbocycles. The second-order valence-electron chi connectivity index (χ2n) is 6.06. The summed E-state index contributed by atoms with van der Waals surface area (Å²) in [4.78, 5) is 2.56. The number of likely N-dealkylation sites (tertiary alicyclic amines) is 1. The molecule has 0 spiro atoms. The van der Waals surface area contributed by atoms with E-state index < -0.39 is 0 Å². The first-order valence-corrected chi connectivity index (χ1v) is 6.52. The van der Waals surface area contributed by atoms with Crippen molar-refractivity contribution in [3.8, 4) is 0 Å². The smallest absolute Gasteiger partial charge is 0.0764 e. The van der Waals surface area contributed by atoms with Crippen LogP contribution in [0.15, 0.2) is 0 Å². The molecule has 0 N–H and O–H groups in total. The average Bonchev–Trinajstić information content (AvgIpc) is 2.70. The van der Waals surface area contributed by atoms with E-state index in [2.05, 4.69) is 25.8 Å². The Morgan fingerprint density at radius 2 is 2.00 bits per heavy atom. The predicted octanol–water partition coefficient (Wildman–Crippen LogP) is 2.14. The number of piperidine rings is 1. The lowest BCUT2D eigenvalue weighted by atomic mass is 9.77. The van der Waals surface area contributed by atoms with Crippen molar-refractivity contribution in [2.75, 3.05) is 13.6 Å². The van der Waals surface area contributed by atoms with Crippen molar-refractivity contribution in [1.82, 2.24) is 4.90 Å². The van der Waals surface area contributed by atoms with Crippen molar-refractivity contribution in [3.05, 3.63) is 0 Å². The van der Waals surface area contributed by atoms with Crippen LogP contribution in [-0.2, 0) is 4.74 Å². The molecule has 2 heteroatoms. The maximum atomic E-state index is 6.16. The van der Waals surface area contributed by atoms with Crippen LogP contribution >= 0.6 is 0 Å². The quantitative estimate of drug-likeness (QED) is 0.691. The zero-order valence-electron chi connectivity index (χ0n) is 10.1. The summed E-state index contributed by atoms with van der Waals surface area (Å²) in [6, 6.07) is 0.741. The van der Waals surface area contributed by atoms with E-state index >= 15 is 0 Å². The Hall–Kier alpha value is -0.0800. The summed E-state index contributed by atoms with van der Waals surface area (Å²) in [5, 5.41) is 0. The Kier molecular flexibility index (Phi) is 2.33. The topological polar surface area (TPSA) is 12.5 Å². The molecule has 2 unspecified atom stereocenters. The average molecular weight is 209 g/mol. The van der Waals surface area contributed by atoms with E-state index in [0.717, 1.165) is 23.8 Å². The Bertz CT molecular complexity index is 253. The van der Waals surface area contributed by atoms with Gasteiger partial charge in [-0.05, 0) is 64.5 Å². The summed E-state index contributed by atoms with van der Waals surface area (Å²) < 4.78 is 6.16. The largest absolute Gasteiger partial charge is 0.374 e. The standard InChI is InChI=1S/C13H23NO/c1-8(2)15-13-10-6-9-4-5-14(3)12(13)11(9)7-10/h8-13H,4-7H2,1-3H3/t9?,10?,11-,12+,13-/m0/s1. The second kappa shape index (κ2) is 3.46. The maximum absolute atomic E-state index is 6.16. The molecule has 3 aliphatic rings. The van der Waals surface area contributed by atoms with E-state index in [9.17, 15) is 0 Å². The molecule has 0 aromatic heterocycles. The summed E-state index contributed by atoms with van der Waals surface area (Å²) in [6.07, 6.45) is 5.26. The van der Waals surface area contributed by atoms with Crippen molar-refractivity contribution in [3.63, 3.8) is 0 Å². The van der Waals surface area contributed by atoms with Gasteiger partial charge in [0.05, 0.1) is 12.2 Å². The fraction of sp³-hybridized carbons (Fsp3) is 1.00. The number of hydrogen-bond donors (Lipinski definition) is 0. The lowest BCUT2D eigenvalue weighted by Gasteiger charge is -2.46. The van der Waals surface area contributed by atoms with E-state index in [1.165, 1.54) is 25.8 Å². The lowest BCUT2D eigenvalue weighted by molar-refractivity contribution is -0.0891. The van der Waals surface area contributed by atoms with Crippen molar-refractivity contribution < 1.29 is 4.74 Å². The number of rotatable bonds is 2. The highest BCUT2D eigenvalue weighted by molar-refractivity contribution is 5.08. The summed E-state index contributed by atoms with van der Waals surface area (Å²) in [6.45, 7) is 5.63. The molecule has 3 fully saturated rings. The third-order valence-corrected chi connectivity index (χ3v) is 4.82. The molecule has 1 aliphatic heterocycles. The van der Waals surface area contributed by atoms with E-state index in [0.29, 0.717) is 12.2 Å². The molecule has 2 saturated carbocycles. The monoisotopic (exact) mass is 209 g/mol. The minimum Gasteiger partial charge on any atom is -0.374 e. The molecular formula is C13H23NO. The zero-order valence-corrected chi connectivity index (χ0v) is 10.1. The molecular weight excluding hydrogens is 186 g/mol. The number of fused-ring (bicyclic) bond motifs is 1. The van der Waals surface area contributed by atoms with Crippen molar-refractivity contribution in [2.24, 2.45) is 17.8 Å². The number of hydrogen-bond acceptors (Lipinski definition) is 2. The molecule has 1 saturated heterocycles. The Labute approximate surface area is 93.0 Å². The molecule has 2 nitrogen and oxygen atoms in total. The second-order valence-corrected chi connectivity index (χ2v) is 6.06. The van der Waals surface area contributed by atoms with Crippen molar-refractivity contribution in [2.45, 2.75) is 51.4 Å². The van der Waals surface area contributed by atoms with Gasteiger partial charge in [0.2, 0.25) is 0 Å². The molecule has 2 bridgehead atoms. The normalized spacial score (nSPS) is 49.2. The van der Waals surface area contributed by atoms with Crippen molar-refractivity contribution in [1.29, 1.82) is 0 Å². The first-order valence-electron chi connectivity index (χ1n) is 6.52. The molecule has 15 heavy (non-hydrogen) atoms. The number of likely N-dealkylation sites (N-methyl/N-ethyl adjacent to an activating group) is 1. The van der Waals surface area contributed by atoms with Gasteiger partial charge in [-0.1, -0.05) is 0 Å². The molecule has 0 aromatic rings. The van der Waals surface area contributed by atoms with E-state index in [1.807, 2.05) is 0 Å². The first kappa shape index (κ1) is 10.1. The highest BCUT2D eigenvalue weighted by Gasteiger charge is 2.56. The SMILES string of the molecule is CC(C)O[C@H]1C2CC3CCN(C)[C@@H]1[C@H]3C2. The summed E-state index contributed by atoms with van der Waals surface area (Å²) >= 11 is 0. The molecule has 0 amide bonds. The van der Waals surface area contributed by atoms with Gasteiger partial charge in [0, 0.05) is 6.04 Å². The molecule has 0 radical (unpaired) electrons. The van der Waals surface area contributed by atoms with Crippen LogP contribution in [0.2, 0.25) is 0 Å². The van der Waals surface area contributed by atoms with E-state index in [-0.39, 0.29) is 0 Å². The molecule has 3 rings (SSSR count). The van der Waals surface area contributed by atoms with Gasteiger partial charge in [-0.2, -0.15) is 0 Å². The maximum Gasteiger partial charge on any atom is 0.0764 e. The van der Waals surface area contributed by atoms with Crippen LogP contribution in [0, 0.1) is 17.8 Å². The molecule has 1 heterocycles. The third kappa shape index (κ3) is 1.45.